The summed E-state index contributed by atoms with van der Waals surface area (Å²) in [6.45, 7) is 5.27. The normalized spacial score (nSPS) is 19.3. The molecular weight excluding hydrogens is 286 g/mol. The average molecular weight is 307 g/mol. The van der Waals surface area contributed by atoms with Gasteiger partial charge in [0, 0.05) is 24.7 Å². The van der Waals surface area contributed by atoms with Gasteiger partial charge < -0.3 is 0 Å². The summed E-state index contributed by atoms with van der Waals surface area (Å²) in [6, 6.07) is 12.9. The van der Waals surface area contributed by atoms with Gasteiger partial charge in [0.2, 0.25) is 0 Å². The van der Waals surface area contributed by atoms with Gasteiger partial charge in [-0.1, -0.05) is 30.3 Å². The Morgan fingerprint density at radius 3 is 2.96 bits per heavy atom. The molecule has 1 aromatic carbocycles. The molecule has 1 aliphatic rings. The molecule has 2 aromatic heterocycles. The van der Waals surface area contributed by atoms with Crippen LogP contribution in [-0.4, -0.2) is 37.6 Å². The molecule has 23 heavy (non-hydrogen) atoms. The van der Waals surface area contributed by atoms with E-state index in [0.717, 1.165) is 25.3 Å². The Balaban J connectivity index is 1.58. The zero-order chi connectivity index (χ0) is 15.6. The summed E-state index contributed by atoms with van der Waals surface area (Å²) in [7, 11) is 0. The van der Waals surface area contributed by atoms with Gasteiger partial charge in [0.05, 0.1) is 5.69 Å². The Hall–Kier alpha value is -2.27. The molecule has 5 nitrogen and oxygen atoms in total. The minimum absolute atomic E-state index is 0.485. The van der Waals surface area contributed by atoms with Crippen molar-refractivity contribution in [3.05, 3.63) is 59.7 Å². The highest BCUT2D eigenvalue weighted by atomic mass is 15.3. The fourth-order valence-corrected chi connectivity index (χ4v) is 3.53. The molecule has 0 radical (unpaired) electrons. The van der Waals surface area contributed by atoms with Crippen molar-refractivity contribution in [3.8, 4) is 0 Å². The largest absolute Gasteiger partial charge is 0.298 e. The third-order valence-electron chi connectivity index (χ3n) is 4.58. The zero-order valence-electron chi connectivity index (χ0n) is 13.4. The number of likely N-dealkylation sites (tertiary alicyclic amines) is 1. The van der Waals surface area contributed by atoms with Gasteiger partial charge in [0.15, 0.2) is 0 Å². The Morgan fingerprint density at radius 1 is 1.22 bits per heavy atom. The second-order valence-corrected chi connectivity index (χ2v) is 6.35. The molecule has 1 aliphatic heterocycles. The van der Waals surface area contributed by atoms with Crippen LogP contribution in [0.15, 0.2) is 42.7 Å². The average Bonchev–Trinajstić information content (AvgIpc) is 3.03. The fraction of sp³-hybridized carbons (Fsp3) is 0.389. The molecule has 0 bridgehead atoms. The molecule has 0 amide bonds. The van der Waals surface area contributed by atoms with Crippen LogP contribution >= 0.6 is 0 Å². The monoisotopic (exact) mass is 307 g/mol. The molecular formula is C18H21N5. The number of nitrogens with zero attached hydrogens (tertiary/aromatic N) is 5. The molecule has 1 fully saturated rings. The molecule has 5 heteroatoms. The molecule has 0 aliphatic carbocycles. The van der Waals surface area contributed by atoms with Crippen LogP contribution in [0.5, 0.6) is 0 Å². The van der Waals surface area contributed by atoms with Crippen molar-refractivity contribution in [2.45, 2.75) is 32.2 Å². The van der Waals surface area contributed by atoms with Gasteiger partial charge in [-0.2, -0.15) is 10.1 Å². The SMILES string of the molecule is Cc1cc(C2CCCN(Cc3ccccc3)C2)n2ncnc2n1. The smallest absolute Gasteiger partial charge is 0.252 e. The van der Waals surface area contributed by atoms with Crippen molar-refractivity contribution in [2.75, 3.05) is 13.1 Å². The second kappa shape index (κ2) is 6.08. The van der Waals surface area contributed by atoms with E-state index in [2.05, 4.69) is 56.4 Å². The number of benzene rings is 1. The number of piperidine rings is 1. The first-order valence-electron chi connectivity index (χ1n) is 8.23. The first-order valence-corrected chi connectivity index (χ1v) is 8.23. The van der Waals surface area contributed by atoms with E-state index in [-0.39, 0.29) is 0 Å². The number of hydrogen-bond acceptors (Lipinski definition) is 4. The Morgan fingerprint density at radius 2 is 2.09 bits per heavy atom. The third kappa shape index (κ3) is 2.97. The maximum absolute atomic E-state index is 4.45. The predicted molar refractivity (Wildman–Crippen MR) is 89.2 cm³/mol. The topological polar surface area (TPSA) is 46.3 Å². The van der Waals surface area contributed by atoms with Crippen LogP contribution in [0.4, 0.5) is 0 Å². The van der Waals surface area contributed by atoms with Crippen LogP contribution in [0.2, 0.25) is 0 Å². The van der Waals surface area contributed by atoms with Crippen molar-refractivity contribution >= 4 is 5.78 Å². The Labute approximate surface area is 136 Å². The lowest BCUT2D eigenvalue weighted by Gasteiger charge is -2.33. The maximum atomic E-state index is 4.45. The lowest BCUT2D eigenvalue weighted by Crippen LogP contribution is -2.34. The summed E-state index contributed by atoms with van der Waals surface area (Å²) in [5, 5.41) is 4.37. The summed E-state index contributed by atoms with van der Waals surface area (Å²) in [4.78, 5) is 11.2. The number of aryl methyl sites for hydroxylation is 1. The summed E-state index contributed by atoms with van der Waals surface area (Å²) in [5.41, 5.74) is 3.63. The van der Waals surface area contributed by atoms with E-state index in [4.69, 9.17) is 0 Å². The van der Waals surface area contributed by atoms with Gasteiger partial charge in [0.1, 0.15) is 6.33 Å². The van der Waals surface area contributed by atoms with E-state index in [1.165, 1.54) is 24.1 Å². The van der Waals surface area contributed by atoms with Crippen LogP contribution in [0.3, 0.4) is 0 Å². The van der Waals surface area contributed by atoms with E-state index in [1.54, 1.807) is 6.33 Å². The van der Waals surface area contributed by atoms with Crippen molar-refractivity contribution in [1.82, 2.24) is 24.5 Å². The highest BCUT2D eigenvalue weighted by Gasteiger charge is 2.24. The molecule has 118 valence electrons. The first-order chi connectivity index (χ1) is 11.3. The van der Waals surface area contributed by atoms with E-state index in [9.17, 15) is 0 Å². The van der Waals surface area contributed by atoms with E-state index in [0.29, 0.717) is 11.7 Å². The minimum atomic E-state index is 0.485. The van der Waals surface area contributed by atoms with Gasteiger partial charge in [0.25, 0.3) is 5.78 Å². The van der Waals surface area contributed by atoms with E-state index in [1.807, 2.05) is 11.4 Å². The van der Waals surface area contributed by atoms with E-state index < -0.39 is 0 Å². The molecule has 1 atom stereocenters. The summed E-state index contributed by atoms with van der Waals surface area (Å²) in [6.07, 6.45) is 4.01. The lowest BCUT2D eigenvalue weighted by atomic mass is 9.93. The highest BCUT2D eigenvalue weighted by molar-refractivity contribution is 5.31. The Kier molecular flexibility index (Phi) is 3.79. The molecule has 0 N–H and O–H groups in total. The number of aromatic nitrogens is 4. The van der Waals surface area contributed by atoms with Crippen molar-refractivity contribution < 1.29 is 0 Å². The molecule has 1 unspecified atom stereocenters. The van der Waals surface area contributed by atoms with Gasteiger partial charge in [-0.15, -0.1) is 0 Å². The fourth-order valence-electron chi connectivity index (χ4n) is 3.53. The van der Waals surface area contributed by atoms with Gasteiger partial charge in [-0.25, -0.2) is 9.50 Å². The van der Waals surface area contributed by atoms with Crippen molar-refractivity contribution in [1.29, 1.82) is 0 Å². The number of rotatable bonds is 3. The summed E-state index contributed by atoms with van der Waals surface area (Å²) >= 11 is 0. The van der Waals surface area contributed by atoms with Gasteiger partial charge in [-0.05, 0) is 37.9 Å². The molecule has 4 rings (SSSR count). The molecule has 1 saturated heterocycles. The van der Waals surface area contributed by atoms with Crippen LogP contribution < -0.4 is 0 Å². The van der Waals surface area contributed by atoms with Crippen molar-refractivity contribution in [2.24, 2.45) is 0 Å². The zero-order valence-corrected chi connectivity index (χ0v) is 13.4. The maximum Gasteiger partial charge on any atom is 0.252 e. The number of fused-ring (bicyclic) bond motifs is 1. The number of hydrogen-bond donors (Lipinski definition) is 0. The van der Waals surface area contributed by atoms with Gasteiger partial charge >= 0.3 is 0 Å². The van der Waals surface area contributed by atoms with Crippen LogP contribution in [0, 0.1) is 6.92 Å². The molecule has 0 spiro atoms. The van der Waals surface area contributed by atoms with E-state index >= 15 is 0 Å². The van der Waals surface area contributed by atoms with Crippen LogP contribution in [0.25, 0.3) is 5.78 Å². The second-order valence-electron chi connectivity index (χ2n) is 6.35. The van der Waals surface area contributed by atoms with Crippen LogP contribution in [-0.2, 0) is 6.54 Å². The third-order valence-corrected chi connectivity index (χ3v) is 4.58. The highest BCUT2D eigenvalue weighted by Crippen LogP contribution is 2.28. The van der Waals surface area contributed by atoms with Crippen LogP contribution in [0.1, 0.15) is 35.7 Å². The molecule has 0 saturated carbocycles. The quantitative estimate of drug-likeness (QED) is 0.746. The summed E-state index contributed by atoms with van der Waals surface area (Å²) in [5.74, 6) is 1.19. The predicted octanol–water partition coefficient (Wildman–Crippen LogP) is 2.81. The lowest BCUT2D eigenvalue weighted by molar-refractivity contribution is 0.197. The Bertz CT molecular complexity index is 796. The minimum Gasteiger partial charge on any atom is -0.298 e. The molecule has 3 aromatic rings. The van der Waals surface area contributed by atoms with Crippen molar-refractivity contribution in [3.63, 3.8) is 0 Å². The van der Waals surface area contributed by atoms with Gasteiger partial charge in [-0.3, -0.25) is 4.90 Å². The summed E-state index contributed by atoms with van der Waals surface area (Å²) < 4.78 is 1.91. The standard InChI is InChI=1S/C18H21N5/c1-14-10-17(23-18(21-14)19-13-20-23)16-8-5-9-22(12-16)11-15-6-3-2-4-7-15/h2-4,6-7,10,13,16H,5,8-9,11-12H2,1H3. The first kappa shape index (κ1) is 14.3. The molecule has 3 heterocycles.